The van der Waals surface area contributed by atoms with Crippen LogP contribution in [0.1, 0.15) is 19.4 Å². The third-order valence-corrected chi connectivity index (χ3v) is 5.99. The highest BCUT2D eigenvalue weighted by Gasteiger charge is 2.43. The summed E-state index contributed by atoms with van der Waals surface area (Å²) in [4.78, 5) is 33.0. The number of likely N-dealkylation sites (N-methyl/N-ethyl adjacent to an activating group) is 1. The Morgan fingerprint density at radius 1 is 0.903 bits per heavy atom. The van der Waals surface area contributed by atoms with Crippen LogP contribution in [-0.4, -0.2) is 60.9 Å². The van der Waals surface area contributed by atoms with E-state index in [1.54, 1.807) is 42.5 Å². The minimum atomic E-state index is -0.340. The molecule has 0 radical (unpaired) electrons. The minimum absolute atomic E-state index is 0.313. The fourth-order valence-corrected chi connectivity index (χ4v) is 4.24. The number of imide groups is 1. The molecule has 4 rings (SSSR count). The zero-order chi connectivity index (χ0) is 22.0. The molecule has 0 atom stereocenters. The molecule has 2 amide bonds. The SMILES string of the molecule is CCOc1ccccc1N1C(=O)C(c2ccc(Cl)cc2)=C(N2CCN(CC)CC2)C1=O. The van der Waals surface area contributed by atoms with Gasteiger partial charge in [0.15, 0.2) is 0 Å². The Balaban J connectivity index is 1.79. The predicted molar refractivity (Wildman–Crippen MR) is 122 cm³/mol. The summed E-state index contributed by atoms with van der Waals surface area (Å²) < 4.78 is 5.71. The Morgan fingerprint density at radius 2 is 1.58 bits per heavy atom. The quantitative estimate of drug-likeness (QED) is 0.643. The zero-order valence-electron chi connectivity index (χ0n) is 17.8. The van der Waals surface area contributed by atoms with E-state index in [4.69, 9.17) is 16.3 Å². The Bertz CT molecular complexity index is 1010. The number of halogens is 1. The number of benzene rings is 2. The van der Waals surface area contributed by atoms with Crippen molar-refractivity contribution in [1.29, 1.82) is 0 Å². The van der Waals surface area contributed by atoms with Gasteiger partial charge in [-0.3, -0.25) is 9.59 Å². The number of para-hydroxylation sites is 2. The normalized spacial score (nSPS) is 17.6. The first-order valence-electron chi connectivity index (χ1n) is 10.6. The van der Waals surface area contributed by atoms with Crippen LogP contribution in [0.4, 0.5) is 5.69 Å². The van der Waals surface area contributed by atoms with Crippen LogP contribution < -0.4 is 9.64 Å². The summed E-state index contributed by atoms with van der Waals surface area (Å²) in [7, 11) is 0. The van der Waals surface area contributed by atoms with Gasteiger partial charge in [-0.15, -0.1) is 0 Å². The van der Waals surface area contributed by atoms with Crippen molar-refractivity contribution in [3.8, 4) is 5.75 Å². The first-order valence-corrected chi connectivity index (χ1v) is 11.0. The molecular weight excluding hydrogens is 414 g/mol. The van der Waals surface area contributed by atoms with Crippen molar-refractivity contribution in [1.82, 2.24) is 9.80 Å². The summed E-state index contributed by atoms with van der Waals surface area (Å²) in [6, 6.07) is 14.2. The van der Waals surface area contributed by atoms with E-state index in [-0.39, 0.29) is 11.8 Å². The van der Waals surface area contributed by atoms with Crippen molar-refractivity contribution in [2.24, 2.45) is 0 Å². The second kappa shape index (κ2) is 9.12. The third-order valence-electron chi connectivity index (χ3n) is 5.73. The van der Waals surface area contributed by atoms with E-state index in [1.165, 1.54) is 4.90 Å². The van der Waals surface area contributed by atoms with Crippen molar-refractivity contribution >= 4 is 34.7 Å². The molecule has 0 aromatic heterocycles. The maximum absolute atomic E-state index is 13.7. The molecule has 0 N–H and O–H groups in total. The van der Waals surface area contributed by atoms with Crippen LogP contribution in [0.15, 0.2) is 54.2 Å². The van der Waals surface area contributed by atoms with Gasteiger partial charge >= 0.3 is 0 Å². The smallest absolute Gasteiger partial charge is 0.282 e. The molecule has 2 aliphatic heterocycles. The van der Waals surface area contributed by atoms with Crippen LogP contribution in [0, 0.1) is 0 Å². The summed E-state index contributed by atoms with van der Waals surface area (Å²) >= 11 is 6.07. The van der Waals surface area contributed by atoms with Gasteiger partial charge in [-0.1, -0.05) is 42.8 Å². The van der Waals surface area contributed by atoms with Gasteiger partial charge in [0.05, 0.1) is 17.9 Å². The number of piperazine rings is 1. The number of anilines is 1. The number of carbonyl (C=O) groups excluding carboxylic acids is 2. The van der Waals surface area contributed by atoms with Crippen LogP contribution in [0.2, 0.25) is 5.02 Å². The van der Waals surface area contributed by atoms with Gasteiger partial charge in [-0.25, -0.2) is 4.90 Å². The van der Waals surface area contributed by atoms with Crippen LogP contribution >= 0.6 is 11.6 Å². The summed E-state index contributed by atoms with van der Waals surface area (Å²) in [5.74, 6) is -0.140. The Kier molecular flexibility index (Phi) is 6.30. The summed E-state index contributed by atoms with van der Waals surface area (Å²) in [5.41, 5.74) is 2.02. The fraction of sp³-hybridized carbons (Fsp3) is 0.333. The molecule has 0 aliphatic carbocycles. The Morgan fingerprint density at radius 3 is 2.23 bits per heavy atom. The van der Waals surface area contributed by atoms with Gasteiger partial charge in [0.1, 0.15) is 11.4 Å². The van der Waals surface area contributed by atoms with E-state index in [1.807, 2.05) is 17.9 Å². The molecule has 31 heavy (non-hydrogen) atoms. The largest absolute Gasteiger partial charge is 0.492 e. The first-order chi connectivity index (χ1) is 15.0. The van der Waals surface area contributed by atoms with E-state index in [0.717, 1.165) is 19.6 Å². The second-order valence-corrected chi connectivity index (χ2v) is 7.93. The molecule has 1 saturated heterocycles. The van der Waals surface area contributed by atoms with Crippen LogP contribution in [-0.2, 0) is 9.59 Å². The molecule has 2 aliphatic rings. The van der Waals surface area contributed by atoms with Crippen molar-refractivity contribution < 1.29 is 14.3 Å². The highest BCUT2D eigenvalue weighted by atomic mass is 35.5. The van der Waals surface area contributed by atoms with Crippen molar-refractivity contribution in [2.45, 2.75) is 13.8 Å². The molecule has 7 heteroatoms. The predicted octanol–water partition coefficient (Wildman–Crippen LogP) is 3.66. The van der Waals surface area contributed by atoms with Crippen molar-refractivity contribution in [3.05, 3.63) is 64.8 Å². The number of ether oxygens (including phenoxy) is 1. The van der Waals surface area contributed by atoms with Crippen LogP contribution in [0.5, 0.6) is 5.75 Å². The summed E-state index contributed by atoms with van der Waals surface area (Å²) in [6.45, 7) is 8.51. The number of hydrogen-bond donors (Lipinski definition) is 0. The number of hydrogen-bond acceptors (Lipinski definition) is 5. The van der Waals surface area contributed by atoms with Gasteiger partial charge in [0.25, 0.3) is 11.8 Å². The molecule has 0 unspecified atom stereocenters. The van der Waals surface area contributed by atoms with E-state index >= 15 is 0 Å². The fourth-order valence-electron chi connectivity index (χ4n) is 4.11. The monoisotopic (exact) mass is 439 g/mol. The lowest BCUT2D eigenvalue weighted by Gasteiger charge is -2.36. The van der Waals surface area contributed by atoms with E-state index < -0.39 is 0 Å². The topological polar surface area (TPSA) is 53.1 Å². The lowest BCUT2D eigenvalue weighted by atomic mass is 10.0. The number of rotatable bonds is 6. The van der Waals surface area contributed by atoms with Crippen molar-refractivity contribution in [3.63, 3.8) is 0 Å². The summed E-state index contributed by atoms with van der Waals surface area (Å²) in [6.07, 6.45) is 0. The first kappa shape index (κ1) is 21.4. The highest BCUT2D eigenvalue weighted by Crippen LogP contribution is 2.39. The molecule has 162 valence electrons. The molecular formula is C24H26ClN3O3. The van der Waals surface area contributed by atoms with Gasteiger partial charge < -0.3 is 14.5 Å². The number of carbonyl (C=O) groups is 2. The highest BCUT2D eigenvalue weighted by molar-refractivity contribution is 6.45. The second-order valence-electron chi connectivity index (χ2n) is 7.50. The molecule has 0 saturated carbocycles. The molecule has 2 aromatic carbocycles. The maximum Gasteiger partial charge on any atom is 0.282 e. The van der Waals surface area contributed by atoms with Gasteiger partial charge in [0, 0.05) is 31.2 Å². The Hall–Kier alpha value is -2.83. The van der Waals surface area contributed by atoms with Crippen LogP contribution in [0.25, 0.3) is 5.57 Å². The van der Waals surface area contributed by atoms with Gasteiger partial charge in [-0.05, 0) is 43.3 Å². The average molecular weight is 440 g/mol. The van der Waals surface area contributed by atoms with Crippen LogP contribution in [0.3, 0.4) is 0 Å². The third kappa shape index (κ3) is 4.05. The lowest BCUT2D eigenvalue weighted by molar-refractivity contribution is -0.120. The number of nitrogens with zero attached hydrogens (tertiary/aromatic N) is 3. The molecule has 2 heterocycles. The molecule has 0 bridgehead atoms. The lowest BCUT2D eigenvalue weighted by Crippen LogP contribution is -2.47. The molecule has 1 fully saturated rings. The van der Waals surface area contributed by atoms with E-state index in [2.05, 4.69) is 11.8 Å². The van der Waals surface area contributed by atoms with Gasteiger partial charge in [0.2, 0.25) is 0 Å². The molecule has 2 aromatic rings. The number of amides is 2. The molecule has 0 spiro atoms. The van der Waals surface area contributed by atoms with E-state index in [0.29, 0.717) is 53.0 Å². The molecule has 6 nitrogen and oxygen atoms in total. The Labute approximate surface area is 187 Å². The van der Waals surface area contributed by atoms with Crippen molar-refractivity contribution in [2.75, 3.05) is 44.2 Å². The van der Waals surface area contributed by atoms with E-state index in [9.17, 15) is 9.59 Å². The van der Waals surface area contributed by atoms with Gasteiger partial charge in [-0.2, -0.15) is 0 Å². The average Bonchev–Trinajstić information content (AvgIpc) is 3.05. The summed E-state index contributed by atoms with van der Waals surface area (Å²) in [5, 5.41) is 0.581. The minimum Gasteiger partial charge on any atom is -0.492 e. The standard InChI is InChI=1S/C24H26ClN3O3/c1-3-26-13-15-27(16-14-26)22-21(17-9-11-18(25)12-10-17)23(29)28(24(22)30)19-7-5-6-8-20(19)31-4-2/h5-12H,3-4,13-16H2,1-2H3. The zero-order valence-corrected chi connectivity index (χ0v) is 18.6. The maximum atomic E-state index is 13.7.